The SMILES string of the molecule is COc1ccc(F)c(NCc2csc(N(C(C)=O)C3CC3)n2)c1. The summed E-state index contributed by atoms with van der Waals surface area (Å²) >= 11 is 1.44. The van der Waals surface area contributed by atoms with Gasteiger partial charge in [0, 0.05) is 24.4 Å². The van der Waals surface area contributed by atoms with Gasteiger partial charge < -0.3 is 10.1 Å². The first-order valence-electron chi connectivity index (χ1n) is 7.40. The van der Waals surface area contributed by atoms with E-state index in [4.69, 9.17) is 4.74 Å². The van der Waals surface area contributed by atoms with Crippen LogP contribution in [0.25, 0.3) is 0 Å². The third kappa shape index (κ3) is 3.61. The standard InChI is InChI=1S/C16H18FN3O2S/c1-10(21)20(12-3-4-12)16-19-11(9-23-16)8-18-15-7-13(22-2)5-6-14(15)17/h5-7,9,12,18H,3-4,8H2,1-2H3. The van der Waals surface area contributed by atoms with E-state index < -0.39 is 0 Å². The van der Waals surface area contributed by atoms with Crippen molar-refractivity contribution in [2.75, 3.05) is 17.3 Å². The molecule has 1 aromatic carbocycles. The fourth-order valence-corrected chi connectivity index (χ4v) is 3.26. The smallest absolute Gasteiger partial charge is 0.225 e. The Labute approximate surface area is 138 Å². The molecule has 0 saturated heterocycles. The van der Waals surface area contributed by atoms with Crippen molar-refractivity contribution >= 4 is 28.1 Å². The molecule has 1 amide bonds. The molecule has 1 aromatic heterocycles. The van der Waals surface area contributed by atoms with Gasteiger partial charge in [0.05, 0.1) is 25.0 Å². The molecule has 122 valence electrons. The van der Waals surface area contributed by atoms with Crippen LogP contribution >= 0.6 is 11.3 Å². The zero-order valence-electron chi connectivity index (χ0n) is 13.0. The number of nitrogens with one attached hydrogen (secondary N) is 1. The van der Waals surface area contributed by atoms with E-state index in [1.165, 1.54) is 24.5 Å². The van der Waals surface area contributed by atoms with Crippen LogP contribution < -0.4 is 15.0 Å². The Kier molecular flexibility index (Phi) is 4.47. The molecule has 23 heavy (non-hydrogen) atoms. The summed E-state index contributed by atoms with van der Waals surface area (Å²) in [5.74, 6) is 0.258. The van der Waals surface area contributed by atoms with Crippen molar-refractivity contribution in [1.82, 2.24) is 4.98 Å². The van der Waals surface area contributed by atoms with Gasteiger partial charge in [-0.2, -0.15) is 0 Å². The van der Waals surface area contributed by atoms with E-state index in [9.17, 15) is 9.18 Å². The number of ether oxygens (including phenoxy) is 1. The van der Waals surface area contributed by atoms with E-state index in [1.807, 2.05) is 5.38 Å². The minimum atomic E-state index is -0.343. The molecule has 1 heterocycles. The van der Waals surface area contributed by atoms with Crippen LogP contribution in [0, 0.1) is 5.82 Å². The van der Waals surface area contributed by atoms with Crippen LogP contribution in [-0.2, 0) is 11.3 Å². The number of benzene rings is 1. The molecule has 0 aliphatic heterocycles. The number of hydrogen-bond donors (Lipinski definition) is 1. The Bertz CT molecular complexity index is 715. The van der Waals surface area contributed by atoms with E-state index in [-0.39, 0.29) is 17.8 Å². The van der Waals surface area contributed by atoms with Crippen LogP contribution in [0.4, 0.5) is 15.2 Å². The number of anilines is 2. The molecule has 2 aromatic rings. The Morgan fingerprint density at radius 1 is 1.52 bits per heavy atom. The number of rotatable bonds is 6. The maximum atomic E-state index is 13.8. The highest BCUT2D eigenvalue weighted by Gasteiger charge is 2.33. The first kappa shape index (κ1) is 15.7. The fourth-order valence-electron chi connectivity index (χ4n) is 2.32. The highest BCUT2D eigenvalue weighted by atomic mass is 32.1. The van der Waals surface area contributed by atoms with Crippen molar-refractivity contribution in [2.24, 2.45) is 0 Å². The number of amides is 1. The predicted octanol–water partition coefficient (Wildman–Crippen LogP) is 3.42. The van der Waals surface area contributed by atoms with Crippen molar-refractivity contribution < 1.29 is 13.9 Å². The molecule has 0 unspecified atom stereocenters. The lowest BCUT2D eigenvalue weighted by molar-refractivity contribution is -0.116. The summed E-state index contributed by atoms with van der Waals surface area (Å²) in [5, 5.41) is 5.61. The van der Waals surface area contributed by atoms with Gasteiger partial charge in [0.15, 0.2) is 5.13 Å². The molecular formula is C16H18FN3O2S. The third-order valence-corrected chi connectivity index (χ3v) is 4.52. The Morgan fingerprint density at radius 2 is 2.30 bits per heavy atom. The number of thiazole rings is 1. The number of carbonyl (C=O) groups excluding carboxylic acids is 1. The molecule has 0 atom stereocenters. The third-order valence-electron chi connectivity index (χ3n) is 3.63. The maximum absolute atomic E-state index is 13.8. The van der Waals surface area contributed by atoms with Crippen LogP contribution in [0.2, 0.25) is 0 Å². The number of carbonyl (C=O) groups is 1. The van der Waals surface area contributed by atoms with Gasteiger partial charge in [-0.05, 0) is 25.0 Å². The van der Waals surface area contributed by atoms with Gasteiger partial charge in [-0.1, -0.05) is 0 Å². The predicted molar refractivity (Wildman–Crippen MR) is 88.6 cm³/mol. The van der Waals surface area contributed by atoms with E-state index in [2.05, 4.69) is 10.3 Å². The van der Waals surface area contributed by atoms with Crippen LogP contribution in [0.1, 0.15) is 25.5 Å². The lowest BCUT2D eigenvalue weighted by Gasteiger charge is -2.16. The Hall–Kier alpha value is -2.15. The van der Waals surface area contributed by atoms with Crippen LogP contribution in [0.3, 0.4) is 0 Å². The number of aromatic nitrogens is 1. The van der Waals surface area contributed by atoms with Gasteiger partial charge in [-0.3, -0.25) is 9.69 Å². The molecule has 0 spiro atoms. The lowest BCUT2D eigenvalue weighted by atomic mass is 10.3. The Morgan fingerprint density at radius 3 is 2.96 bits per heavy atom. The molecule has 7 heteroatoms. The quantitative estimate of drug-likeness (QED) is 0.879. The second kappa shape index (κ2) is 6.54. The first-order chi connectivity index (χ1) is 11.1. The van der Waals surface area contributed by atoms with Crippen molar-refractivity contribution in [2.45, 2.75) is 32.4 Å². The van der Waals surface area contributed by atoms with Crippen molar-refractivity contribution in [3.63, 3.8) is 0 Å². The summed E-state index contributed by atoms with van der Waals surface area (Å²) in [6, 6.07) is 4.82. The zero-order chi connectivity index (χ0) is 16.4. The topological polar surface area (TPSA) is 54.5 Å². The van der Waals surface area contributed by atoms with E-state index in [0.29, 0.717) is 23.1 Å². The number of halogens is 1. The summed E-state index contributed by atoms with van der Waals surface area (Å²) in [7, 11) is 1.54. The molecule has 5 nitrogen and oxygen atoms in total. The lowest BCUT2D eigenvalue weighted by Crippen LogP contribution is -2.30. The number of hydrogen-bond acceptors (Lipinski definition) is 5. The van der Waals surface area contributed by atoms with Crippen molar-refractivity contribution in [3.05, 3.63) is 35.1 Å². The van der Waals surface area contributed by atoms with Crippen molar-refractivity contribution in [3.8, 4) is 5.75 Å². The minimum absolute atomic E-state index is 0.0141. The molecule has 1 saturated carbocycles. The van der Waals surface area contributed by atoms with Gasteiger partial charge in [0.25, 0.3) is 0 Å². The number of nitrogens with zero attached hydrogens (tertiary/aromatic N) is 2. The summed E-state index contributed by atoms with van der Waals surface area (Å²) < 4.78 is 18.9. The van der Waals surface area contributed by atoms with Gasteiger partial charge in [-0.15, -0.1) is 11.3 Å². The van der Waals surface area contributed by atoms with Crippen LogP contribution in [-0.4, -0.2) is 24.0 Å². The molecular weight excluding hydrogens is 317 g/mol. The zero-order valence-corrected chi connectivity index (χ0v) is 13.8. The molecule has 1 aliphatic rings. The summed E-state index contributed by atoms with van der Waals surface area (Å²) in [6.45, 7) is 1.94. The Balaban J connectivity index is 1.69. The molecule has 1 aliphatic carbocycles. The average Bonchev–Trinajstić information content (AvgIpc) is 3.24. The van der Waals surface area contributed by atoms with Gasteiger partial charge >= 0.3 is 0 Å². The van der Waals surface area contributed by atoms with Crippen LogP contribution in [0.5, 0.6) is 5.75 Å². The van der Waals surface area contributed by atoms with Gasteiger partial charge in [0.1, 0.15) is 11.6 Å². The van der Waals surface area contributed by atoms with Gasteiger partial charge in [-0.25, -0.2) is 9.37 Å². The second-order valence-corrected chi connectivity index (χ2v) is 6.28. The first-order valence-corrected chi connectivity index (χ1v) is 8.28. The largest absolute Gasteiger partial charge is 0.497 e. The summed E-state index contributed by atoms with van der Waals surface area (Å²) in [5.41, 5.74) is 1.14. The van der Waals surface area contributed by atoms with E-state index in [1.54, 1.807) is 24.0 Å². The summed E-state index contributed by atoms with van der Waals surface area (Å²) in [4.78, 5) is 18.0. The fraction of sp³-hybridized carbons (Fsp3) is 0.375. The van der Waals surface area contributed by atoms with Crippen LogP contribution in [0.15, 0.2) is 23.6 Å². The van der Waals surface area contributed by atoms with Crippen molar-refractivity contribution in [1.29, 1.82) is 0 Å². The monoisotopic (exact) mass is 335 g/mol. The average molecular weight is 335 g/mol. The van der Waals surface area contributed by atoms with Gasteiger partial charge in [0.2, 0.25) is 5.91 Å². The normalized spacial score (nSPS) is 13.7. The molecule has 1 fully saturated rings. The molecule has 3 rings (SSSR count). The highest BCUT2D eigenvalue weighted by Crippen LogP contribution is 2.33. The molecule has 0 bridgehead atoms. The van der Waals surface area contributed by atoms with E-state index in [0.717, 1.165) is 18.5 Å². The minimum Gasteiger partial charge on any atom is -0.497 e. The maximum Gasteiger partial charge on any atom is 0.225 e. The number of methoxy groups -OCH3 is 1. The highest BCUT2D eigenvalue weighted by molar-refractivity contribution is 7.14. The second-order valence-electron chi connectivity index (χ2n) is 5.44. The molecule has 1 N–H and O–H groups in total. The van der Waals surface area contributed by atoms with E-state index >= 15 is 0 Å². The summed E-state index contributed by atoms with van der Waals surface area (Å²) in [6.07, 6.45) is 2.06. The molecule has 0 radical (unpaired) electrons.